The van der Waals surface area contributed by atoms with E-state index in [0.29, 0.717) is 6.42 Å². The Morgan fingerprint density at radius 2 is 2.22 bits per heavy atom. The number of benzene rings is 1. The van der Waals surface area contributed by atoms with Gasteiger partial charge >= 0.3 is 0 Å². The van der Waals surface area contributed by atoms with E-state index in [2.05, 4.69) is 10.6 Å². The molecule has 1 aromatic carbocycles. The highest BCUT2D eigenvalue weighted by atomic mass is 16.2. The first kappa shape index (κ1) is 11.4. The van der Waals surface area contributed by atoms with E-state index in [0.717, 1.165) is 36.2 Å². The third-order valence-electron chi connectivity index (χ3n) is 3.84. The number of fused-ring (bicyclic) bond motifs is 1. The molecule has 0 unspecified atom stereocenters. The minimum atomic E-state index is -0.195. The maximum Gasteiger partial charge on any atom is 0.228 e. The molecule has 0 atom stereocenters. The van der Waals surface area contributed by atoms with Crippen molar-refractivity contribution in [2.75, 3.05) is 18.9 Å². The molecule has 0 bridgehead atoms. The summed E-state index contributed by atoms with van der Waals surface area (Å²) in [7, 11) is 1.87. The zero-order chi connectivity index (χ0) is 12.8. The van der Waals surface area contributed by atoms with Crippen molar-refractivity contribution in [3.05, 3.63) is 29.3 Å². The second kappa shape index (κ2) is 3.92. The van der Waals surface area contributed by atoms with Crippen molar-refractivity contribution >= 4 is 17.4 Å². The fourth-order valence-corrected chi connectivity index (χ4v) is 2.65. The van der Waals surface area contributed by atoms with Crippen molar-refractivity contribution in [2.45, 2.75) is 19.3 Å². The van der Waals surface area contributed by atoms with E-state index in [9.17, 15) is 9.59 Å². The van der Waals surface area contributed by atoms with E-state index in [-0.39, 0.29) is 17.1 Å². The summed E-state index contributed by atoms with van der Waals surface area (Å²) in [6, 6.07) is 5.52. The van der Waals surface area contributed by atoms with Gasteiger partial charge in [0.1, 0.15) is 0 Å². The lowest BCUT2D eigenvalue weighted by atomic mass is 9.93. The van der Waals surface area contributed by atoms with Crippen LogP contribution < -0.4 is 10.6 Å². The van der Waals surface area contributed by atoms with Crippen LogP contribution in [0.2, 0.25) is 0 Å². The first-order valence-electron chi connectivity index (χ1n) is 6.27. The maximum atomic E-state index is 12.5. The molecule has 1 amide bonds. The second-order valence-corrected chi connectivity index (χ2v) is 5.24. The van der Waals surface area contributed by atoms with Crippen LogP contribution in [0.15, 0.2) is 18.2 Å². The van der Waals surface area contributed by atoms with Crippen LogP contribution in [0, 0.1) is 5.41 Å². The van der Waals surface area contributed by atoms with Crippen molar-refractivity contribution in [1.82, 2.24) is 5.32 Å². The molecular formula is C14H16N2O2. The fraction of sp³-hybridized carbons (Fsp3) is 0.429. The van der Waals surface area contributed by atoms with Crippen molar-refractivity contribution in [2.24, 2.45) is 5.41 Å². The standard InChI is InChI=1S/C14H16N2O2/c1-15-8-14(4-5-14)13(18)9-2-3-11-10(6-9)7-12(17)16-11/h2-3,6,15H,4-5,7-8H2,1H3,(H,16,17). The summed E-state index contributed by atoms with van der Waals surface area (Å²) in [5, 5.41) is 5.87. The number of ketones is 1. The molecule has 1 aliphatic heterocycles. The molecular weight excluding hydrogens is 228 g/mol. The van der Waals surface area contributed by atoms with Crippen LogP contribution in [0.3, 0.4) is 0 Å². The van der Waals surface area contributed by atoms with Crippen LogP contribution in [0.4, 0.5) is 5.69 Å². The first-order chi connectivity index (χ1) is 8.64. The summed E-state index contributed by atoms with van der Waals surface area (Å²) < 4.78 is 0. The Balaban J connectivity index is 1.88. The maximum absolute atomic E-state index is 12.5. The quantitative estimate of drug-likeness (QED) is 0.786. The highest BCUT2D eigenvalue weighted by molar-refractivity contribution is 6.05. The molecule has 2 aliphatic rings. The molecule has 0 aromatic heterocycles. The minimum Gasteiger partial charge on any atom is -0.326 e. The van der Waals surface area contributed by atoms with Crippen LogP contribution in [-0.4, -0.2) is 25.3 Å². The molecule has 4 heteroatoms. The van der Waals surface area contributed by atoms with Gasteiger partial charge in [0, 0.05) is 23.2 Å². The molecule has 3 rings (SSSR count). The predicted octanol–water partition coefficient (Wildman–Crippen LogP) is 1.36. The van der Waals surface area contributed by atoms with Gasteiger partial charge in [0.2, 0.25) is 5.91 Å². The number of anilines is 1. The Kier molecular flexibility index (Phi) is 2.48. The first-order valence-corrected chi connectivity index (χ1v) is 6.27. The van der Waals surface area contributed by atoms with Crippen molar-refractivity contribution in [3.63, 3.8) is 0 Å². The summed E-state index contributed by atoms with van der Waals surface area (Å²) in [5.74, 6) is 0.213. The van der Waals surface area contributed by atoms with Gasteiger partial charge in [-0.3, -0.25) is 9.59 Å². The van der Waals surface area contributed by atoms with Gasteiger partial charge in [0.15, 0.2) is 5.78 Å². The van der Waals surface area contributed by atoms with Crippen LogP contribution in [0.5, 0.6) is 0 Å². The largest absolute Gasteiger partial charge is 0.326 e. The third kappa shape index (κ3) is 1.73. The molecule has 2 N–H and O–H groups in total. The van der Waals surface area contributed by atoms with E-state index in [1.54, 1.807) is 0 Å². The van der Waals surface area contributed by atoms with Gasteiger partial charge in [0.25, 0.3) is 0 Å². The minimum absolute atomic E-state index is 0.00552. The molecule has 1 fully saturated rings. The van der Waals surface area contributed by atoms with Crippen LogP contribution >= 0.6 is 0 Å². The van der Waals surface area contributed by atoms with E-state index in [4.69, 9.17) is 0 Å². The SMILES string of the molecule is CNCC1(C(=O)c2ccc3c(c2)CC(=O)N3)CC1. The number of carbonyl (C=O) groups is 2. The van der Waals surface area contributed by atoms with E-state index in [1.165, 1.54) is 0 Å². The van der Waals surface area contributed by atoms with Gasteiger partial charge in [-0.1, -0.05) is 0 Å². The van der Waals surface area contributed by atoms with Crippen LogP contribution in [-0.2, 0) is 11.2 Å². The number of rotatable bonds is 4. The van der Waals surface area contributed by atoms with E-state index >= 15 is 0 Å². The zero-order valence-electron chi connectivity index (χ0n) is 10.4. The van der Waals surface area contributed by atoms with Gasteiger partial charge in [-0.15, -0.1) is 0 Å². The number of hydrogen-bond acceptors (Lipinski definition) is 3. The highest BCUT2D eigenvalue weighted by Crippen LogP contribution is 2.47. The van der Waals surface area contributed by atoms with Gasteiger partial charge < -0.3 is 10.6 Å². The fourth-order valence-electron chi connectivity index (χ4n) is 2.65. The third-order valence-corrected chi connectivity index (χ3v) is 3.84. The molecule has 0 radical (unpaired) electrons. The lowest BCUT2D eigenvalue weighted by Crippen LogP contribution is -2.28. The van der Waals surface area contributed by atoms with Gasteiger partial charge in [0.05, 0.1) is 6.42 Å². The highest BCUT2D eigenvalue weighted by Gasteiger charge is 2.49. The summed E-state index contributed by atoms with van der Waals surface area (Å²) >= 11 is 0. The topological polar surface area (TPSA) is 58.2 Å². The summed E-state index contributed by atoms with van der Waals surface area (Å²) in [4.78, 5) is 23.7. The van der Waals surface area contributed by atoms with Crippen molar-refractivity contribution in [1.29, 1.82) is 0 Å². The smallest absolute Gasteiger partial charge is 0.228 e. The molecule has 0 spiro atoms. The molecule has 94 valence electrons. The number of amides is 1. The van der Waals surface area contributed by atoms with Gasteiger partial charge in [-0.25, -0.2) is 0 Å². The zero-order valence-corrected chi connectivity index (χ0v) is 10.4. The monoisotopic (exact) mass is 244 g/mol. The average Bonchev–Trinajstić information content (AvgIpc) is 3.02. The van der Waals surface area contributed by atoms with Crippen LogP contribution in [0.1, 0.15) is 28.8 Å². The second-order valence-electron chi connectivity index (χ2n) is 5.24. The summed E-state index contributed by atoms with van der Waals surface area (Å²) in [5.41, 5.74) is 2.32. The Labute approximate surface area is 106 Å². The normalized spacial score (nSPS) is 19.3. The van der Waals surface area contributed by atoms with E-state index in [1.807, 2.05) is 25.2 Å². The molecule has 0 saturated heterocycles. The number of Topliss-reactive ketones (excluding diaryl/α,β-unsaturated/α-hetero) is 1. The molecule has 4 nitrogen and oxygen atoms in total. The molecule has 18 heavy (non-hydrogen) atoms. The number of hydrogen-bond donors (Lipinski definition) is 2. The Bertz CT molecular complexity index is 533. The average molecular weight is 244 g/mol. The summed E-state index contributed by atoms with van der Waals surface area (Å²) in [6.45, 7) is 0.736. The van der Waals surface area contributed by atoms with Crippen molar-refractivity contribution < 1.29 is 9.59 Å². The van der Waals surface area contributed by atoms with Gasteiger partial charge in [-0.2, -0.15) is 0 Å². The lowest BCUT2D eigenvalue weighted by Gasteiger charge is -2.13. The van der Waals surface area contributed by atoms with E-state index < -0.39 is 0 Å². The lowest BCUT2D eigenvalue weighted by molar-refractivity contribution is -0.115. The summed E-state index contributed by atoms with van der Waals surface area (Å²) in [6.07, 6.45) is 2.30. The van der Waals surface area contributed by atoms with Crippen LogP contribution in [0.25, 0.3) is 0 Å². The predicted molar refractivity (Wildman–Crippen MR) is 68.7 cm³/mol. The number of carbonyl (C=O) groups excluding carboxylic acids is 2. The Hall–Kier alpha value is -1.68. The number of nitrogens with one attached hydrogen (secondary N) is 2. The Morgan fingerprint density at radius 1 is 1.44 bits per heavy atom. The molecule has 1 aliphatic carbocycles. The van der Waals surface area contributed by atoms with Crippen molar-refractivity contribution in [3.8, 4) is 0 Å². The molecule has 1 aromatic rings. The Morgan fingerprint density at radius 3 is 2.89 bits per heavy atom. The molecule has 1 saturated carbocycles. The van der Waals surface area contributed by atoms with Gasteiger partial charge in [-0.05, 0) is 43.7 Å². The molecule has 1 heterocycles.